The molecule has 0 bridgehead atoms. The minimum Gasteiger partial charge on any atom is -0.368 e. The molecule has 1 atom stereocenters. The number of nitrogens with one attached hydrogen (secondary N) is 1. The number of amides is 1. The smallest absolute Gasteiger partial charge is 0.240 e. The Morgan fingerprint density at radius 1 is 1.21 bits per heavy atom. The first kappa shape index (κ1) is 19.8. The summed E-state index contributed by atoms with van der Waals surface area (Å²) in [6.07, 6.45) is 3.53. The third kappa shape index (κ3) is 4.45. The van der Waals surface area contributed by atoms with Crippen LogP contribution in [0.5, 0.6) is 0 Å². The maximum atomic E-state index is 11.8. The Balaban J connectivity index is 1.82. The van der Waals surface area contributed by atoms with Crippen LogP contribution in [0, 0.1) is 12.8 Å². The third-order valence-electron chi connectivity index (χ3n) is 4.31. The van der Waals surface area contributed by atoms with Crippen molar-refractivity contribution in [2.45, 2.75) is 26.8 Å². The van der Waals surface area contributed by atoms with Crippen molar-refractivity contribution < 1.29 is 4.79 Å². The summed E-state index contributed by atoms with van der Waals surface area (Å²) < 4.78 is 0. The molecule has 0 fully saturated rings. The fraction of sp³-hybridized carbons (Fsp3) is 0.300. The molecule has 0 aliphatic rings. The van der Waals surface area contributed by atoms with Crippen LogP contribution >= 0.6 is 11.3 Å². The molecule has 3 rings (SSSR count). The molecule has 0 saturated carbocycles. The summed E-state index contributed by atoms with van der Waals surface area (Å²) in [5.41, 5.74) is 7.49. The van der Waals surface area contributed by atoms with Gasteiger partial charge in [0.15, 0.2) is 5.13 Å². The average Bonchev–Trinajstić information content (AvgIpc) is 3.11. The molecule has 1 unspecified atom stereocenters. The molecule has 7 nitrogen and oxygen atoms in total. The largest absolute Gasteiger partial charge is 0.368 e. The zero-order valence-corrected chi connectivity index (χ0v) is 17.2. The number of thiazole rings is 1. The first-order valence-corrected chi connectivity index (χ1v) is 9.82. The number of carbonyl (C=O) groups is 1. The molecule has 0 saturated heterocycles. The zero-order chi connectivity index (χ0) is 20.3. The van der Waals surface area contributed by atoms with Gasteiger partial charge in [-0.1, -0.05) is 31.3 Å². The number of hydrogen-bond donors (Lipinski definition) is 2. The highest BCUT2D eigenvalue weighted by atomic mass is 32.1. The van der Waals surface area contributed by atoms with Crippen molar-refractivity contribution in [3.8, 4) is 10.6 Å². The molecule has 28 heavy (non-hydrogen) atoms. The highest BCUT2D eigenvalue weighted by Crippen LogP contribution is 2.32. The summed E-state index contributed by atoms with van der Waals surface area (Å²) in [5, 5.41) is 3.95. The minimum atomic E-state index is -0.410. The van der Waals surface area contributed by atoms with Crippen molar-refractivity contribution >= 4 is 34.0 Å². The van der Waals surface area contributed by atoms with Gasteiger partial charge in [-0.3, -0.25) is 4.79 Å². The number of likely N-dealkylation sites (N-methyl/N-ethyl adjacent to an activating group) is 1. The lowest BCUT2D eigenvalue weighted by Gasteiger charge is -2.27. The van der Waals surface area contributed by atoms with Gasteiger partial charge in [0.25, 0.3) is 0 Å². The summed E-state index contributed by atoms with van der Waals surface area (Å²) in [7, 11) is 1.84. The van der Waals surface area contributed by atoms with E-state index in [1.165, 1.54) is 11.3 Å². The second-order valence-electron chi connectivity index (χ2n) is 6.96. The molecule has 8 heteroatoms. The third-order valence-corrected chi connectivity index (χ3v) is 5.42. The van der Waals surface area contributed by atoms with E-state index in [-0.39, 0.29) is 11.8 Å². The molecule has 1 amide bonds. The fourth-order valence-corrected chi connectivity index (χ4v) is 3.89. The lowest BCUT2D eigenvalue weighted by molar-refractivity contribution is -0.120. The van der Waals surface area contributed by atoms with E-state index >= 15 is 0 Å². The van der Waals surface area contributed by atoms with Crippen LogP contribution in [0.1, 0.15) is 19.4 Å². The van der Waals surface area contributed by atoms with Crippen LogP contribution in [0.4, 0.5) is 16.8 Å². The van der Waals surface area contributed by atoms with Gasteiger partial charge < -0.3 is 16.0 Å². The minimum absolute atomic E-state index is 0.0855. The van der Waals surface area contributed by atoms with Crippen molar-refractivity contribution in [3.63, 3.8) is 0 Å². The van der Waals surface area contributed by atoms with E-state index in [9.17, 15) is 4.79 Å². The van der Waals surface area contributed by atoms with Crippen LogP contribution in [0.3, 0.4) is 0 Å². The van der Waals surface area contributed by atoms with Crippen molar-refractivity contribution in [1.82, 2.24) is 15.0 Å². The van der Waals surface area contributed by atoms with Crippen LogP contribution in [-0.4, -0.2) is 33.9 Å². The second-order valence-corrected chi connectivity index (χ2v) is 7.97. The number of anilines is 3. The Morgan fingerprint density at radius 2 is 2.00 bits per heavy atom. The zero-order valence-electron chi connectivity index (χ0n) is 16.4. The SMILES string of the molecule is Cc1ccnc(Nc2cccc(-c3cnc(N(C)C(C(N)=O)C(C)C)s3)n2)c1. The molecule has 3 heterocycles. The number of nitrogens with zero attached hydrogens (tertiary/aromatic N) is 4. The highest BCUT2D eigenvalue weighted by Gasteiger charge is 2.26. The van der Waals surface area contributed by atoms with E-state index in [0.717, 1.165) is 27.1 Å². The summed E-state index contributed by atoms with van der Waals surface area (Å²) in [5.74, 6) is 1.18. The molecule has 3 aromatic heterocycles. The first-order chi connectivity index (χ1) is 13.3. The van der Waals surface area contributed by atoms with Gasteiger partial charge in [0.05, 0.1) is 10.6 Å². The Bertz CT molecular complexity index is 971. The van der Waals surface area contributed by atoms with Crippen molar-refractivity contribution in [2.75, 3.05) is 17.3 Å². The van der Waals surface area contributed by atoms with E-state index < -0.39 is 6.04 Å². The summed E-state index contributed by atoms with van der Waals surface area (Å²) in [6, 6.07) is 9.26. The summed E-state index contributed by atoms with van der Waals surface area (Å²) >= 11 is 1.48. The standard InChI is InChI=1S/C20H24N6OS/c1-12(2)18(19(21)27)26(4)20-23-11-15(28-20)14-6-5-7-16(24-14)25-17-10-13(3)8-9-22-17/h5-12,18H,1-4H3,(H2,21,27)(H,22,24,25). The van der Waals surface area contributed by atoms with Gasteiger partial charge in [0.1, 0.15) is 17.7 Å². The molecule has 146 valence electrons. The molecular formula is C20H24N6OS. The highest BCUT2D eigenvalue weighted by molar-refractivity contribution is 7.18. The van der Waals surface area contributed by atoms with Gasteiger partial charge in [-0.15, -0.1) is 0 Å². The van der Waals surface area contributed by atoms with Gasteiger partial charge in [0.2, 0.25) is 5.91 Å². The van der Waals surface area contributed by atoms with E-state index in [1.807, 2.05) is 63.1 Å². The molecule has 0 aliphatic carbocycles. The average molecular weight is 397 g/mol. The number of aryl methyl sites for hydroxylation is 1. The number of nitrogens with two attached hydrogens (primary N) is 1. The quantitative estimate of drug-likeness (QED) is 0.633. The van der Waals surface area contributed by atoms with Crippen LogP contribution in [0.25, 0.3) is 10.6 Å². The van der Waals surface area contributed by atoms with Crippen molar-refractivity contribution in [3.05, 3.63) is 48.3 Å². The Labute approximate surface area is 168 Å². The van der Waals surface area contributed by atoms with E-state index in [4.69, 9.17) is 5.73 Å². The van der Waals surface area contributed by atoms with E-state index in [2.05, 4.69) is 20.3 Å². The maximum absolute atomic E-state index is 11.8. The maximum Gasteiger partial charge on any atom is 0.240 e. The van der Waals surface area contributed by atoms with E-state index in [0.29, 0.717) is 5.82 Å². The fourth-order valence-electron chi connectivity index (χ4n) is 3.01. The van der Waals surface area contributed by atoms with Crippen molar-refractivity contribution in [1.29, 1.82) is 0 Å². The molecule has 0 aliphatic heterocycles. The van der Waals surface area contributed by atoms with Gasteiger partial charge in [0, 0.05) is 19.4 Å². The number of primary amides is 1. The van der Waals surface area contributed by atoms with Crippen molar-refractivity contribution in [2.24, 2.45) is 11.7 Å². The molecule has 0 radical (unpaired) electrons. The topological polar surface area (TPSA) is 97.0 Å². The number of hydrogen-bond acceptors (Lipinski definition) is 7. The molecule has 0 spiro atoms. The van der Waals surface area contributed by atoms with Crippen LogP contribution < -0.4 is 16.0 Å². The molecule has 3 N–H and O–H groups in total. The number of carbonyl (C=O) groups excluding carboxylic acids is 1. The molecular weight excluding hydrogens is 372 g/mol. The van der Waals surface area contributed by atoms with Crippen LogP contribution in [-0.2, 0) is 4.79 Å². The number of rotatable bonds is 7. The van der Waals surface area contributed by atoms with Crippen LogP contribution in [0.15, 0.2) is 42.7 Å². The first-order valence-electron chi connectivity index (χ1n) is 9.00. The van der Waals surface area contributed by atoms with Gasteiger partial charge in [-0.2, -0.15) is 0 Å². The second kappa shape index (κ2) is 8.35. The van der Waals surface area contributed by atoms with Gasteiger partial charge in [-0.25, -0.2) is 15.0 Å². The van der Waals surface area contributed by atoms with Gasteiger partial charge >= 0.3 is 0 Å². The lowest BCUT2D eigenvalue weighted by atomic mass is 10.0. The normalized spacial score (nSPS) is 12.0. The molecule has 3 aromatic rings. The number of aromatic nitrogens is 3. The predicted molar refractivity (Wildman–Crippen MR) is 114 cm³/mol. The molecule has 0 aromatic carbocycles. The van der Waals surface area contributed by atoms with E-state index in [1.54, 1.807) is 12.4 Å². The monoisotopic (exact) mass is 396 g/mol. The Hall–Kier alpha value is -3.00. The Morgan fingerprint density at radius 3 is 2.68 bits per heavy atom. The number of pyridine rings is 2. The summed E-state index contributed by atoms with van der Waals surface area (Å²) in [4.78, 5) is 28.0. The lowest BCUT2D eigenvalue weighted by Crippen LogP contribution is -2.46. The summed E-state index contributed by atoms with van der Waals surface area (Å²) in [6.45, 7) is 5.95. The van der Waals surface area contributed by atoms with Crippen LogP contribution in [0.2, 0.25) is 0 Å². The van der Waals surface area contributed by atoms with Gasteiger partial charge in [-0.05, 0) is 42.7 Å². The Kier molecular flexibility index (Phi) is 5.89. The predicted octanol–water partition coefficient (Wildman–Crippen LogP) is 3.60.